The van der Waals surface area contributed by atoms with Crippen molar-refractivity contribution in [2.75, 3.05) is 26.4 Å². The molecule has 8 heteroatoms. The van der Waals surface area contributed by atoms with Gasteiger partial charge in [0.25, 0.3) is 0 Å². The Balaban J connectivity index is 3.09. The van der Waals surface area contributed by atoms with E-state index >= 15 is 0 Å². The standard InChI is InChI=1S/C10H14FN3O3S/c1-13-10(15)6-14(2)18(16,17)9-4-3-7(12)5-8(9)11/h3-5H,6,12H2,1-2H3,(H,13,15). The van der Waals surface area contributed by atoms with Crippen LogP contribution in [0.5, 0.6) is 0 Å². The summed E-state index contributed by atoms with van der Waals surface area (Å²) >= 11 is 0. The van der Waals surface area contributed by atoms with Crippen LogP contribution in [-0.2, 0) is 14.8 Å². The first-order valence-electron chi connectivity index (χ1n) is 5.01. The van der Waals surface area contributed by atoms with Gasteiger partial charge in [0.05, 0.1) is 6.54 Å². The molecule has 0 aromatic heterocycles. The summed E-state index contributed by atoms with van der Waals surface area (Å²) in [5, 5.41) is 2.28. The van der Waals surface area contributed by atoms with Crippen molar-refractivity contribution in [1.82, 2.24) is 9.62 Å². The first-order chi connectivity index (χ1) is 8.28. The maximum absolute atomic E-state index is 13.5. The number of carbonyl (C=O) groups excluding carboxylic acids is 1. The number of rotatable bonds is 4. The van der Waals surface area contributed by atoms with Crippen molar-refractivity contribution in [3.8, 4) is 0 Å². The fourth-order valence-corrected chi connectivity index (χ4v) is 2.43. The summed E-state index contributed by atoms with van der Waals surface area (Å²) in [5.41, 5.74) is 5.46. The molecule has 0 aliphatic rings. The van der Waals surface area contributed by atoms with Crippen LogP contribution in [0, 0.1) is 5.82 Å². The Morgan fingerprint density at radius 1 is 1.50 bits per heavy atom. The number of carbonyl (C=O) groups is 1. The van der Waals surface area contributed by atoms with Gasteiger partial charge in [-0.2, -0.15) is 4.31 Å². The van der Waals surface area contributed by atoms with E-state index < -0.39 is 26.6 Å². The van der Waals surface area contributed by atoms with Gasteiger partial charge < -0.3 is 11.1 Å². The Kier molecular flexibility index (Phi) is 4.25. The fraction of sp³-hybridized carbons (Fsp3) is 0.300. The van der Waals surface area contributed by atoms with Crippen LogP contribution in [0.4, 0.5) is 10.1 Å². The highest BCUT2D eigenvalue weighted by Crippen LogP contribution is 2.20. The van der Waals surface area contributed by atoms with Crippen LogP contribution < -0.4 is 11.1 Å². The van der Waals surface area contributed by atoms with E-state index in [1.54, 1.807) is 0 Å². The zero-order valence-electron chi connectivity index (χ0n) is 9.97. The van der Waals surface area contributed by atoms with E-state index in [4.69, 9.17) is 5.73 Å². The monoisotopic (exact) mass is 275 g/mol. The minimum Gasteiger partial charge on any atom is -0.399 e. The quantitative estimate of drug-likeness (QED) is 0.743. The molecule has 3 N–H and O–H groups in total. The lowest BCUT2D eigenvalue weighted by atomic mass is 10.3. The molecule has 0 saturated carbocycles. The average Bonchev–Trinajstić information content (AvgIpc) is 2.28. The number of anilines is 1. The summed E-state index contributed by atoms with van der Waals surface area (Å²) in [6.07, 6.45) is 0. The molecule has 0 saturated heterocycles. The minimum atomic E-state index is -4.05. The molecular formula is C10H14FN3O3S. The average molecular weight is 275 g/mol. The van der Waals surface area contributed by atoms with Crippen molar-refractivity contribution >= 4 is 21.6 Å². The van der Waals surface area contributed by atoms with Crippen LogP contribution in [0.25, 0.3) is 0 Å². The largest absolute Gasteiger partial charge is 0.399 e. The van der Waals surface area contributed by atoms with E-state index in [1.165, 1.54) is 20.2 Å². The number of nitrogens with one attached hydrogen (secondary N) is 1. The highest BCUT2D eigenvalue weighted by atomic mass is 32.2. The third-order valence-electron chi connectivity index (χ3n) is 2.29. The second-order valence-electron chi connectivity index (χ2n) is 3.62. The summed E-state index contributed by atoms with van der Waals surface area (Å²) in [6, 6.07) is 3.27. The molecule has 1 rings (SSSR count). The molecular weight excluding hydrogens is 261 g/mol. The van der Waals surface area contributed by atoms with Gasteiger partial charge in [-0.1, -0.05) is 0 Å². The molecule has 0 radical (unpaired) electrons. The van der Waals surface area contributed by atoms with E-state index in [2.05, 4.69) is 5.32 Å². The lowest BCUT2D eigenvalue weighted by Gasteiger charge is -2.16. The molecule has 0 aliphatic heterocycles. The van der Waals surface area contributed by atoms with Crippen molar-refractivity contribution in [2.24, 2.45) is 0 Å². The first-order valence-corrected chi connectivity index (χ1v) is 6.45. The number of halogens is 1. The van der Waals surface area contributed by atoms with Gasteiger partial charge in [-0.3, -0.25) is 4.79 Å². The number of amides is 1. The molecule has 6 nitrogen and oxygen atoms in total. The SMILES string of the molecule is CNC(=O)CN(C)S(=O)(=O)c1ccc(N)cc1F. The summed E-state index contributed by atoms with van der Waals surface area (Å²) in [4.78, 5) is 10.6. The Bertz CT molecular complexity index is 559. The summed E-state index contributed by atoms with van der Waals surface area (Å²) in [7, 11) is -1.47. The van der Waals surface area contributed by atoms with Crippen molar-refractivity contribution in [1.29, 1.82) is 0 Å². The number of sulfonamides is 1. The van der Waals surface area contributed by atoms with E-state index in [-0.39, 0.29) is 12.2 Å². The van der Waals surface area contributed by atoms with Crippen LogP contribution in [0.1, 0.15) is 0 Å². The highest BCUT2D eigenvalue weighted by Gasteiger charge is 2.25. The molecule has 1 aromatic carbocycles. The second-order valence-corrected chi connectivity index (χ2v) is 5.64. The molecule has 0 spiro atoms. The number of benzene rings is 1. The predicted molar refractivity (Wildman–Crippen MR) is 64.7 cm³/mol. The van der Waals surface area contributed by atoms with Crippen molar-refractivity contribution in [3.63, 3.8) is 0 Å². The topological polar surface area (TPSA) is 92.5 Å². The highest BCUT2D eigenvalue weighted by molar-refractivity contribution is 7.89. The molecule has 0 fully saturated rings. The minimum absolute atomic E-state index is 0.125. The van der Waals surface area contributed by atoms with Crippen molar-refractivity contribution < 1.29 is 17.6 Å². The van der Waals surface area contributed by atoms with Crippen LogP contribution in [0.15, 0.2) is 23.1 Å². The van der Waals surface area contributed by atoms with Gasteiger partial charge >= 0.3 is 0 Å². The zero-order chi connectivity index (χ0) is 13.9. The van der Waals surface area contributed by atoms with Crippen molar-refractivity contribution in [2.45, 2.75) is 4.90 Å². The Hall–Kier alpha value is -1.67. The maximum Gasteiger partial charge on any atom is 0.246 e. The Labute approximate surface area is 105 Å². The van der Waals surface area contributed by atoms with E-state index in [9.17, 15) is 17.6 Å². The van der Waals surface area contributed by atoms with Crippen molar-refractivity contribution in [3.05, 3.63) is 24.0 Å². The molecule has 1 aromatic rings. The van der Waals surface area contributed by atoms with Gasteiger partial charge in [0, 0.05) is 19.8 Å². The second kappa shape index (κ2) is 5.32. The normalized spacial score (nSPS) is 11.6. The molecule has 18 heavy (non-hydrogen) atoms. The molecule has 1 amide bonds. The maximum atomic E-state index is 13.5. The van der Waals surface area contributed by atoms with E-state index in [0.29, 0.717) is 0 Å². The number of nitrogens with two attached hydrogens (primary N) is 1. The summed E-state index contributed by atoms with van der Waals surface area (Å²) < 4.78 is 38.3. The number of nitrogens with zero attached hydrogens (tertiary/aromatic N) is 1. The van der Waals surface area contributed by atoms with Gasteiger partial charge in [0.1, 0.15) is 10.7 Å². The number of likely N-dealkylation sites (N-methyl/N-ethyl adjacent to an activating group) is 2. The molecule has 0 atom stereocenters. The summed E-state index contributed by atoms with van der Waals surface area (Å²) in [5.74, 6) is -1.43. The molecule has 0 bridgehead atoms. The van der Waals surface area contributed by atoms with Crippen LogP contribution >= 0.6 is 0 Å². The van der Waals surface area contributed by atoms with E-state index in [0.717, 1.165) is 16.4 Å². The lowest BCUT2D eigenvalue weighted by Crippen LogP contribution is -2.37. The number of hydrogen-bond donors (Lipinski definition) is 2. The van der Waals surface area contributed by atoms with Gasteiger partial charge in [-0.05, 0) is 18.2 Å². The first kappa shape index (κ1) is 14.4. The third-order valence-corrected chi connectivity index (χ3v) is 4.13. The molecule has 0 heterocycles. The summed E-state index contributed by atoms with van der Waals surface area (Å²) in [6.45, 7) is -0.386. The number of hydrogen-bond acceptors (Lipinski definition) is 4. The predicted octanol–water partition coefficient (Wildman–Crippen LogP) is -0.226. The molecule has 0 aliphatic carbocycles. The van der Waals surface area contributed by atoms with Crippen LogP contribution in [0.3, 0.4) is 0 Å². The zero-order valence-corrected chi connectivity index (χ0v) is 10.8. The van der Waals surface area contributed by atoms with Gasteiger partial charge in [-0.15, -0.1) is 0 Å². The van der Waals surface area contributed by atoms with E-state index in [1.807, 2.05) is 0 Å². The Morgan fingerprint density at radius 2 is 2.11 bits per heavy atom. The van der Waals surface area contributed by atoms with Gasteiger partial charge in [-0.25, -0.2) is 12.8 Å². The Morgan fingerprint density at radius 3 is 2.61 bits per heavy atom. The molecule has 100 valence electrons. The van der Waals surface area contributed by atoms with Gasteiger partial charge in [0.2, 0.25) is 15.9 Å². The smallest absolute Gasteiger partial charge is 0.246 e. The number of nitrogen functional groups attached to an aromatic ring is 1. The fourth-order valence-electron chi connectivity index (χ4n) is 1.26. The molecule has 0 unspecified atom stereocenters. The van der Waals surface area contributed by atoms with Gasteiger partial charge in [0.15, 0.2) is 0 Å². The van der Waals surface area contributed by atoms with Crippen LogP contribution in [-0.4, -0.2) is 39.3 Å². The third kappa shape index (κ3) is 2.96. The lowest BCUT2D eigenvalue weighted by molar-refractivity contribution is -0.120. The van der Waals surface area contributed by atoms with Crippen LogP contribution in [0.2, 0.25) is 0 Å².